The molecule has 0 atom stereocenters. The Morgan fingerprint density at radius 3 is 2.71 bits per heavy atom. The summed E-state index contributed by atoms with van der Waals surface area (Å²) in [7, 11) is 0. The van der Waals surface area contributed by atoms with Gasteiger partial charge in [0.15, 0.2) is 5.96 Å². The molecule has 0 aliphatic carbocycles. The molecule has 0 radical (unpaired) electrons. The van der Waals surface area contributed by atoms with E-state index in [1.54, 1.807) is 0 Å². The van der Waals surface area contributed by atoms with Gasteiger partial charge in [0.25, 0.3) is 0 Å². The number of nitrogens with one attached hydrogen (secondary N) is 2. The summed E-state index contributed by atoms with van der Waals surface area (Å²) in [5.74, 6) is 0.331. The van der Waals surface area contributed by atoms with Gasteiger partial charge in [-0.15, -0.1) is 0 Å². The molecule has 0 saturated heterocycles. The monoisotopic (exact) mass is 263 g/mol. The molecule has 0 spiro atoms. The minimum Gasteiger partial charge on any atom is -0.354 e. The van der Waals surface area contributed by atoms with Crippen molar-refractivity contribution in [1.29, 1.82) is 0 Å². The van der Waals surface area contributed by atoms with Crippen LogP contribution in [0.5, 0.6) is 0 Å². The van der Waals surface area contributed by atoms with Gasteiger partial charge in [-0.1, -0.05) is 17.7 Å². The third kappa shape index (κ3) is 2.63. The molecule has 2 rings (SSSR count). The zero-order valence-electron chi connectivity index (χ0n) is 8.61. The van der Waals surface area contributed by atoms with Gasteiger partial charge in [0.2, 0.25) is 0 Å². The van der Waals surface area contributed by atoms with Crippen molar-refractivity contribution in [1.82, 2.24) is 5.32 Å². The Morgan fingerprint density at radius 2 is 2.12 bits per heavy atom. The molecule has 1 heterocycles. The molecule has 17 heavy (non-hydrogen) atoms. The maximum Gasteiger partial charge on any atom is 0.419 e. The minimum absolute atomic E-state index is 0.0989. The number of rotatable bonds is 1. The zero-order chi connectivity index (χ0) is 12.5. The largest absolute Gasteiger partial charge is 0.419 e. The topological polar surface area (TPSA) is 36.4 Å². The van der Waals surface area contributed by atoms with E-state index >= 15 is 0 Å². The SMILES string of the molecule is FC(F)(F)c1c(Cl)cccc1NC1=NCCN1. The quantitative estimate of drug-likeness (QED) is 0.817. The summed E-state index contributed by atoms with van der Waals surface area (Å²) in [5.41, 5.74) is -0.976. The van der Waals surface area contributed by atoms with Crippen LogP contribution in [0.1, 0.15) is 5.56 Å². The van der Waals surface area contributed by atoms with Gasteiger partial charge in [-0.2, -0.15) is 13.2 Å². The Bertz CT molecular complexity index is 457. The number of benzene rings is 1. The number of hydrogen-bond donors (Lipinski definition) is 2. The lowest BCUT2D eigenvalue weighted by Gasteiger charge is -2.15. The van der Waals surface area contributed by atoms with E-state index in [-0.39, 0.29) is 10.7 Å². The first-order valence-electron chi connectivity index (χ1n) is 4.89. The van der Waals surface area contributed by atoms with E-state index in [0.717, 1.165) is 0 Å². The number of nitrogens with zero attached hydrogens (tertiary/aromatic N) is 1. The normalized spacial score (nSPS) is 15.4. The molecule has 0 fully saturated rings. The van der Waals surface area contributed by atoms with E-state index in [0.29, 0.717) is 19.0 Å². The summed E-state index contributed by atoms with van der Waals surface area (Å²) in [6.45, 7) is 1.16. The van der Waals surface area contributed by atoms with Crippen LogP contribution in [0.15, 0.2) is 23.2 Å². The van der Waals surface area contributed by atoms with Crippen molar-refractivity contribution in [2.24, 2.45) is 4.99 Å². The number of anilines is 1. The maximum absolute atomic E-state index is 12.8. The highest BCUT2D eigenvalue weighted by atomic mass is 35.5. The third-order valence-electron chi connectivity index (χ3n) is 2.22. The second-order valence-corrected chi connectivity index (χ2v) is 3.85. The second-order valence-electron chi connectivity index (χ2n) is 3.44. The second kappa shape index (κ2) is 4.44. The molecule has 7 heteroatoms. The zero-order valence-corrected chi connectivity index (χ0v) is 9.36. The summed E-state index contributed by atoms with van der Waals surface area (Å²) in [4.78, 5) is 3.97. The molecule has 2 N–H and O–H groups in total. The Kier molecular flexibility index (Phi) is 3.15. The van der Waals surface area contributed by atoms with Crippen molar-refractivity contribution in [2.45, 2.75) is 6.18 Å². The van der Waals surface area contributed by atoms with Gasteiger partial charge in [0, 0.05) is 6.54 Å². The fourth-order valence-electron chi connectivity index (χ4n) is 1.53. The van der Waals surface area contributed by atoms with Crippen LogP contribution in [0.4, 0.5) is 18.9 Å². The standard InChI is InChI=1S/C10H9ClF3N3/c11-6-2-1-3-7(8(6)10(12,13)14)17-9-15-4-5-16-9/h1-3H,4-5H2,(H2,15,16,17). The highest BCUT2D eigenvalue weighted by Gasteiger charge is 2.36. The number of alkyl halides is 3. The van der Waals surface area contributed by atoms with Gasteiger partial charge >= 0.3 is 6.18 Å². The molecule has 92 valence electrons. The molecular weight excluding hydrogens is 255 g/mol. The van der Waals surface area contributed by atoms with Crippen molar-refractivity contribution in [2.75, 3.05) is 18.4 Å². The first-order chi connectivity index (χ1) is 7.98. The van der Waals surface area contributed by atoms with Crippen LogP contribution in [0.25, 0.3) is 0 Å². The lowest BCUT2D eigenvalue weighted by molar-refractivity contribution is -0.136. The molecule has 1 aromatic rings. The highest BCUT2D eigenvalue weighted by molar-refractivity contribution is 6.32. The third-order valence-corrected chi connectivity index (χ3v) is 2.54. The average Bonchev–Trinajstić information content (AvgIpc) is 2.68. The molecule has 0 amide bonds. The van der Waals surface area contributed by atoms with E-state index in [1.165, 1.54) is 18.2 Å². The molecule has 1 aliphatic heterocycles. The first-order valence-corrected chi connectivity index (χ1v) is 5.27. The molecule has 0 bridgehead atoms. The summed E-state index contributed by atoms with van der Waals surface area (Å²) >= 11 is 5.58. The molecule has 1 aromatic carbocycles. The van der Waals surface area contributed by atoms with E-state index in [2.05, 4.69) is 15.6 Å². The molecule has 1 aliphatic rings. The van der Waals surface area contributed by atoms with Crippen LogP contribution in [-0.2, 0) is 6.18 Å². The van der Waals surface area contributed by atoms with Gasteiger partial charge in [0.1, 0.15) is 0 Å². The molecule has 0 unspecified atom stereocenters. The summed E-state index contributed by atoms with van der Waals surface area (Å²) in [6.07, 6.45) is -4.50. The van der Waals surface area contributed by atoms with Crippen LogP contribution in [0, 0.1) is 0 Å². The Morgan fingerprint density at radius 1 is 1.35 bits per heavy atom. The van der Waals surface area contributed by atoms with Crippen LogP contribution in [0.3, 0.4) is 0 Å². The van der Waals surface area contributed by atoms with E-state index < -0.39 is 11.7 Å². The van der Waals surface area contributed by atoms with Gasteiger partial charge in [-0.25, -0.2) is 0 Å². The van der Waals surface area contributed by atoms with E-state index in [9.17, 15) is 13.2 Å². The van der Waals surface area contributed by atoms with Crippen molar-refractivity contribution < 1.29 is 13.2 Å². The fraction of sp³-hybridized carbons (Fsp3) is 0.300. The highest BCUT2D eigenvalue weighted by Crippen LogP contribution is 2.39. The number of guanidine groups is 1. The Labute approximate surface area is 101 Å². The van der Waals surface area contributed by atoms with E-state index in [4.69, 9.17) is 11.6 Å². The lowest BCUT2D eigenvalue weighted by Crippen LogP contribution is -2.27. The van der Waals surface area contributed by atoms with Crippen LogP contribution < -0.4 is 10.6 Å². The van der Waals surface area contributed by atoms with Crippen molar-refractivity contribution >= 4 is 23.2 Å². The van der Waals surface area contributed by atoms with Gasteiger partial charge in [-0.05, 0) is 12.1 Å². The average molecular weight is 264 g/mol. The van der Waals surface area contributed by atoms with Gasteiger partial charge in [0.05, 0.1) is 22.8 Å². The van der Waals surface area contributed by atoms with Crippen LogP contribution in [0.2, 0.25) is 5.02 Å². The van der Waals surface area contributed by atoms with Gasteiger partial charge < -0.3 is 10.6 Å². The van der Waals surface area contributed by atoms with Crippen LogP contribution >= 0.6 is 11.6 Å². The van der Waals surface area contributed by atoms with Gasteiger partial charge in [-0.3, -0.25) is 4.99 Å². The summed E-state index contributed by atoms with van der Waals surface area (Å²) < 4.78 is 38.4. The molecule has 0 aromatic heterocycles. The Balaban J connectivity index is 2.36. The van der Waals surface area contributed by atoms with Crippen molar-refractivity contribution in [3.8, 4) is 0 Å². The van der Waals surface area contributed by atoms with Crippen LogP contribution in [-0.4, -0.2) is 19.0 Å². The first kappa shape index (κ1) is 12.0. The number of halogens is 4. The maximum atomic E-state index is 12.8. The molecular formula is C10H9ClF3N3. The smallest absolute Gasteiger partial charge is 0.354 e. The predicted octanol–water partition coefficient (Wildman–Crippen LogP) is 2.73. The lowest BCUT2D eigenvalue weighted by atomic mass is 10.1. The van der Waals surface area contributed by atoms with E-state index in [1.807, 2.05) is 0 Å². The molecule has 3 nitrogen and oxygen atoms in total. The number of hydrogen-bond acceptors (Lipinski definition) is 3. The predicted molar refractivity (Wildman–Crippen MR) is 60.4 cm³/mol. The minimum atomic E-state index is -4.50. The number of aliphatic imine (C=N–C) groups is 1. The fourth-order valence-corrected chi connectivity index (χ4v) is 1.81. The van der Waals surface area contributed by atoms with Crippen molar-refractivity contribution in [3.05, 3.63) is 28.8 Å². The molecule has 0 saturated carbocycles. The summed E-state index contributed by atoms with van der Waals surface area (Å²) in [6, 6.07) is 3.98. The summed E-state index contributed by atoms with van der Waals surface area (Å²) in [5, 5.41) is 5.09. The Hall–Kier alpha value is -1.43. The van der Waals surface area contributed by atoms with Crippen molar-refractivity contribution in [3.63, 3.8) is 0 Å².